The molecule has 0 aliphatic carbocycles. The fourth-order valence-electron chi connectivity index (χ4n) is 1.97. The minimum atomic E-state index is -0.309. The lowest BCUT2D eigenvalue weighted by Crippen LogP contribution is -2.20. The first-order valence-corrected chi connectivity index (χ1v) is 8.66. The van der Waals surface area contributed by atoms with Crippen molar-refractivity contribution in [3.05, 3.63) is 34.1 Å². The Morgan fingerprint density at radius 1 is 1.48 bits per heavy atom. The molecule has 25 heavy (non-hydrogen) atoms. The Labute approximate surface area is 151 Å². The average molecular weight is 359 g/mol. The van der Waals surface area contributed by atoms with E-state index in [0.29, 0.717) is 23.8 Å². The van der Waals surface area contributed by atoms with Crippen molar-refractivity contribution in [3.63, 3.8) is 0 Å². The van der Waals surface area contributed by atoms with Crippen LogP contribution in [0.1, 0.15) is 32.9 Å². The van der Waals surface area contributed by atoms with Gasteiger partial charge in [-0.15, -0.1) is 0 Å². The highest BCUT2D eigenvalue weighted by Crippen LogP contribution is 2.37. The lowest BCUT2D eigenvalue weighted by molar-refractivity contribution is -0.140. The van der Waals surface area contributed by atoms with E-state index in [0.717, 1.165) is 10.7 Å². The Bertz CT molecular complexity index is 759. The topological polar surface area (TPSA) is 99.9 Å². The third-order valence-electron chi connectivity index (χ3n) is 3.44. The Morgan fingerprint density at radius 3 is 2.84 bits per heavy atom. The van der Waals surface area contributed by atoms with Crippen LogP contribution in [-0.2, 0) is 9.53 Å². The quantitative estimate of drug-likeness (QED) is 0.611. The molecule has 0 fully saturated rings. The summed E-state index contributed by atoms with van der Waals surface area (Å²) in [6, 6.07) is 3.90. The highest BCUT2D eigenvalue weighted by Gasteiger charge is 2.25. The molecule has 2 rings (SSSR count). The van der Waals surface area contributed by atoms with Gasteiger partial charge in [-0.25, -0.2) is 9.97 Å². The normalized spacial score (nSPS) is 15.7. The maximum atomic E-state index is 11.1. The number of esters is 1. The molecule has 0 radical (unpaired) electrons. The molecule has 1 aliphatic heterocycles. The highest BCUT2D eigenvalue weighted by molar-refractivity contribution is 8.06. The van der Waals surface area contributed by atoms with E-state index in [1.807, 2.05) is 5.41 Å². The van der Waals surface area contributed by atoms with Crippen LogP contribution < -0.4 is 10.6 Å². The first kappa shape index (κ1) is 18.8. The Kier molecular flexibility index (Phi) is 6.04. The summed E-state index contributed by atoms with van der Waals surface area (Å²) in [7, 11) is 1.34. The number of aromatic nitrogens is 2. The van der Waals surface area contributed by atoms with Crippen molar-refractivity contribution in [3.8, 4) is 6.07 Å². The summed E-state index contributed by atoms with van der Waals surface area (Å²) in [5, 5.41) is 18.6. The zero-order valence-corrected chi connectivity index (χ0v) is 15.5. The molecule has 1 aromatic heterocycles. The second-order valence-electron chi connectivity index (χ2n) is 6.36. The van der Waals surface area contributed by atoms with Crippen molar-refractivity contribution in [2.45, 2.75) is 27.2 Å². The summed E-state index contributed by atoms with van der Waals surface area (Å²) in [6.07, 6.45) is 1.80. The van der Waals surface area contributed by atoms with Gasteiger partial charge in [-0.2, -0.15) is 5.26 Å². The Balaban J connectivity index is 2.15. The van der Waals surface area contributed by atoms with Gasteiger partial charge < -0.3 is 15.4 Å². The minimum absolute atomic E-state index is 0.0262. The molecule has 0 saturated carbocycles. The zero-order chi connectivity index (χ0) is 18.4. The van der Waals surface area contributed by atoms with Crippen LogP contribution in [0.4, 0.5) is 5.95 Å². The summed E-state index contributed by atoms with van der Waals surface area (Å²) in [4.78, 5) is 19.6. The second kappa shape index (κ2) is 8.03. The Hall–Kier alpha value is -2.53. The molecule has 1 aromatic rings. The van der Waals surface area contributed by atoms with E-state index in [1.165, 1.54) is 18.9 Å². The van der Waals surface area contributed by atoms with E-state index in [2.05, 4.69) is 52.2 Å². The van der Waals surface area contributed by atoms with Crippen LogP contribution >= 0.6 is 11.8 Å². The fraction of sp³-hybridized carbons (Fsp3) is 0.412. The molecule has 8 heteroatoms. The lowest BCUT2D eigenvalue weighted by Gasteiger charge is -2.20. The Morgan fingerprint density at radius 2 is 2.24 bits per heavy atom. The molecule has 2 heterocycles. The number of nitriles is 1. The molecule has 0 atom stereocenters. The molecule has 2 N–H and O–H groups in total. The number of thioether (sulfide) groups is 1. The monoisotopic (exact) mass is 359 g/mol. The molecule has 0 unspecified atom stereocenters. The molecule has 0 bridgehead atoms. The highest BCUT2D eigenvalue weighted by atomic mass is 32.2. The average Bonchev–Trinajstić information content (AvgIpc) is 3.06. The second-order valence-corrected chi connectivity index (χ2v) is 7.24. The van der Waals surface area contributed by atoms with Gasteiger partial charge in [-0.05, 0) is 11.5 Å². The van der Waals surface area contributed by atoms with E-state index in [1.54, 1.807) is 12.3 Å². The number of anilines is 1. The maximum Gasteiger partial charge on any atom is 0.307 e. The van der Waals surface area contributed by atoms with E-state index in [9.17, 15) is 10.1 Å². The number of carbonyl (C=O) groups is 1. The molecule has 0 spiro atoms. The van der Waals surface area contributed by atoms with Crippen LogP contribution in [0.5, 0.6) is 0 Å². The zero-order valence-electron chi connectivity index (χ0n) is 14.7. The van der Waals surface area contributed by atoms with E-state index in [-0.39, 0.29) is 17.8 Å². The number of ether oxygens (including phenoxy) is 1. The van der Waals surface area contributed by atoms with Gasteiger partial charge in [0, 0.05) is 23.9 Å². The molecule has 1 aliphatic rings. The van der Waals surface area contributed by atoms with Crippen LogP contribution in [-0.4, -0.2) is 29.6 Å². The van der Waals surface area contributed by atoms with E-state index < -0.39 is 0 Å². The predicted molar refractivity (Wildman–Crippen MR) is 98.0 cm³/mol. The fourth-order valence-corrected chi connectivity index (χ4v) is 3.06. The molecule has 7 nitrogen and oxygen atoms in total. The smallest absolute Gasteiger partial charge is 0.307 e. The number of nitrogens with zero attached hydrogens (tertiary/aromatic N) is 3. The summed E-state index contributed by atoms with van der Waals surface area (Å²) < 4.78 is 4.59. The van der Waals surface area contributed by atoms with Gasteiger partial charge in [0.05, 0.1) is 24.3 Å². The molecule has 0 aromatic carbocycles. The lowest BCUT2D eigenvalue weighted by atomic mass is 9.93. The van der Waals surface area contributed by atoms with Crippen LogP contribution in [0.15, 0.2) is 28.4 Å². The molecular weight excluding hydrogens is 338 g/mol. The molecule has 0 saturated heterocycles. The van der Waals surface area contributed by atoms with Gasteiger partial charge in [0.1, 0.15) is 11.6 Å². The number of rotatable bonds is 5. The maximum absolute atomic E-state index is 11.1. The van der Waals surface area contributed by atoms with Crippen molar-refractivity contribution < 1.29 is 9.53 Å². The minimum Gasteiger partial charge on any atom is -0.469 e. The van der Waals surface area contributed by atoms with Crippen LogP contribution in [0, 0.1) is 16.7 Å². The summed E-state index contributed by atoms with van der Waals surface area (Å²) >= 11 is 1.48. The van der Waals surface area contributed by atoms with Gasteiger partial charge in [0.2, 0.25) is 5.95 Å². The van der Waals surface area contributed by atoms with Crippen LogP contribution in [0.25, 0.3) is 5.57 Å². The number of allylic oxidation sites excluding steroid dienone is 2. The predicted octanol–water partition coefficient (Wildman–Crippen LogP) is 2.87. The SMILES string of the molecule is COC(=O)CCNc1nccc(/C(C#N)=C2/NC(C(C)(C)C)=CS2)n1. The summed E-state index contributed by atoms with van der Waals surface area (Å²) in [6.45, 7) is 6.68. The number of carbonyl (C=O) groups excluding carboxylic acids is 1. The number of hydrogen-bond acceptors (Lipinski definition) is 8. The molecule has 132 valence electrons. The van der Waals surface area contributed by atoms with Crippen LogP contribution in [0.2, 0.25) is 0 Å². The van der Waals surface area contributed by atoms with Gasteiger partial charge in [-0.3, -0.25) is 4.79 Å². The molecule has 0 amide bonds. The number of hydrogen-bond donors (Lipinski definition) is 2. The van der Waals surface area contributed by atoms with E-state index in [4.69, 9.17) is 0 Å². The van der Waals surface area contributed by atoms with Gasteiger partial charge in [-0.1, -0.05) is 32.5 Å². The summed E-state index contributed by atoms with van der Waals surface area (Å²) in [5.74, 6) is 0.0533. The first-order chi connectivity index (χ1) is 11.8. The van der Waals surface area contributed by atoms with Crippen LogP contribution in [0.3, 0.4) is 0 Å². The van der Waals surface area contributed by atoms with E-state index >= 15 is 0 Å². The van der Waals surface area contributed by atoms with Crippen molar-refractivity contribution in [1.82, 2.24) is 15.3 Å². The van der Waals surface area contributed by atoms with Crippen molar-refractivity contribution in [2.24, 2.45) is 5.41 Å². The van der Waals surface area contributed by atoms with Gasteiger partial charge in [0.25, 0.3) is 0 Å². The standard InChI is InChI=1S/C17H21N5O2S/c1-17(2,3)13-10-25-15(22-13)11(9-18)12-5-7-19-16(21-12)20-8-6-14(23)24-4/h5,7,10,22H,6,8H2,1-4H3,(H,19,20,21)/b15-11-. The largest absolute Gasteiger partial charge is 0.469 e. The number of nitrogens with one attached hydrogen (secondary N) is 2. The first-order valence-electron chi connectivity index (χ1n) is 7.78. The molecular formula is C17H21N5O2S. The number of methoxy groups -OCH3 is 1. The van der Waals surface area contributed by atoms with Crippen molar-refractivity contribution in [1.29, 1.82) is 5.26 Å². The third-order valence-corrected chi connectivity index (χ3v) is 4.34. The van der Waals surface area contributed by atoms with Crippen molar-refractivity contribution >= 4 is 29.3 Å². The van der Waals surface area contributed by atoms with Gasteiger partial charge >= 0.3 is 5.97 Å². The van der Waals surface area contributed by atoms with Gasteiger partial charge in [0.15, 0.2) is 0 Å². The van der Waals surface area contributed by atoms with Crippen molar-refractivity contribution in [2.75, 3.05) is 19.0 Å². The summed E-state index contributed by atoms with van der Waals surface area (Å²) in [5.41, 5.74) is 2.02. The third kappa shape index (κ3) is 4.97.